The van der Waals surface area contributed by atoms with Crippen LogP contribution in [0.15, 0.2) is 42.6 Å². The van der Waals surface area contributed by atoms with Crippen molar-refractivity contribution in [3.8, 4) is 27.5 Å². The van der Waals surface area contributed by atoms with Gasteiger partial charge in [0.05, 0.1) is 34.2 Å². The number of carbonyl (C=O) groups is 1. The van der Waals surface area contributed by atoms with Crippen LogP contribution in [-0.2, 0) is 17.6 Å². The first-order valence-corrected chi connectivity index (χ1v) is 12.7. The molecule has 3 heterocycles. The molecule has 3 N–H and O–H groups in total. The highest BCUT2D eigenvalue weighted by Gasteiger charge is 2.29. The van der Waals surface area contributed by atoms with Gasteiger partial charge in [-0.15, -0.1) is 0 Å². The Morgan fingerprint density at radius 1 is 1.17 bits per heavy atom. The van der Waals surface area contributed by atoms with E-state index in [-0.39, 0.29) is 12.5 Å². The summed E-state index contributed by atoms with van der Waals surface area (Å²) in [5.74, 6) is 0.754. The summed E-state index contributed by atoms with van der Waals surface area (Å²) in [6, 6.07) is 12.4. The van der Waals surface area contributed by atoms with E-state index in [1.54, 1.807) is 7.05 Å². The number of thiazole rings is 1. The van der Waals surface area contributed by atoms with E-state index < -0.39 is 0 Å². The van der Waals surface area contributed by atoms with Crippen LogP contribution in [0.25, 0.3) is 27.5 Å². The summed E-state index contributed by atoms with van der Waals surface area (Å²) >= 11 is 1.52. The quantitative estimate of drug-likeness (QED) is 0.357. The average molecular weight is 488 g/mol. The molecule has 0 unspecified atom stereocenters. The number of fused-ring (bicyclic) bond motifs is 3. The molecular weight excluding hydrogens is 458 g/mol. The van der Waals surface area contributed by atoms with Crippen LogP contribution in [0.1, 0.15) is 30.2 Å². The van der Waals surface area contributed by atoms with Gasteiger partial charge >= 0.3 is 0 Å². The van der Waals surface area contributed by atoms with Crippen LogP contribution in [0.4, 0.5) is 10.9 Å². The van der Waals surface area contributed by atoms with Crippen LogP contribution in [0, 0.1) is 6.92 Å². The van der Waals surface area contributed by atoms with Crippen molar-refractivity contribution < 1.29 is 4.79 Å². The first-order valence-electron chi connectivity index (χ1n) is 11.9. The zero-order valence-electron chi connectivity index (χ0n) is 20.2. The Morgan fingerprint density at radius 3 is 2.77 bits per heavy atom. The van der Waals surface area contributed by atoms with Gasteiger partial charge in [0.1, 0.15) is 5.82 Å². The van der Waals surface area contributed by atoms with Crippen LogP contribution in [0.5, 0.6) is 0 Å². The first kappa shape index (κ1) is 23.2. The van der Waals surface area contributed by atoms with Crippen molar-refractivity contribution in [2.45, 2.75) is 33.1 Å². The van der Waals surface area contributed by atoms with Crippen LogP contribution in [0.3, 0.4) is 0 Å². The number of pyridine rings is 1. The molecule has 1 aliphatic carbocycles. The highest BCUT2D eigenvalue weighted by atomic mass is 32.1. The largest absolute Gasteiger partial charge is 0.370 e. The van der Waals surface area contributed by atoms with Gasteiger partial charge in [0.15, 0.2) is 5.13 Å². The molecule has 3 aromatic heterocycles. The maximum absolute atomic E-state index is 12.2. The molecule has 0 spiro atoms. The number of aromatic nitrogens is 4. The normalized spacial score (nSPS) is 12.5. The molecule has 35 heavy (non-hydrogen) atoms. The maximum Gasteiger partial charge on any atom is 0.240 e. The smallest absolute Gasteiger partial charge is 0.240 e. The topological polar surface area (TPSA) is 96.8 Å². The number of rotatable bonds is 7. The molecule has 8 nitrogen and oxygen atoms in total. The highest BCUT2D eigenvalue weighted by Crippen LogP contribution is 2.43. The standard InChI is InChI=1S/C26H29N7OS/c1-4-28-21-13-12-17(14-29-21)23-18-9-7-10-19-25(35-26(30-19)31-22(34)15-27-3)24(18)33(32-23)20-11-6-5-8-16(20)2/h5-6,8,11-14,27H,4,7,9-10,15H2,1-3H3,(H,28,29)(H,30,31,34). The zero-order valence-corrected chi connectivity index (χ0v) is 21.0. The molecule has 0 saturated carbocycles. The number of para-hydroxylation sites is 1. The Balaban J connectivity index is 1.67. The molecule has 1 amide bonds. The summed E-state index contributed by atoms with van der Waals surface area (Å²) in [5.41, 5.74) is 7.38. The second-order valence-corrected chi connectivity index (χ2v) is 9.56. The number of benzene rings is 1. The number of amides is 1. The molecule has 4 aromatic rings. The third-order valence-electron chi connectivity index (χ3n) is 6.06. The summed E-state index contributed by atoms with van der Waals surface area (Å²) in [6.45, 7) is 5.23. The lowest BCUT2D eigenvalue weighted by molar-refractivity contribution is -0.115. The summed E-state index contributed by atoms with van der Waals surface area (Å²) in [5, 5.41) is 14.8. The second-order valence-electron chi connectivity index (χ2n) is 8.56. The van der Waals surface area contributed by atoms with E-state index >= 15 is 0 Å². The monoisotopic (exact) mass is 487 g/mol. The van der Waals surface area contributed by atoms with E-state index in [2.05, 4.69) is 57.7 Å². The van der Waals surface area contributed by atoms with E-state index in [1.807, 2.05) is 24.4 Å². The van der Waals surface area contributed by atoms with Crippen molar-refractivity contribution in [2.75, 3.05) is 30.8 Å². The highest BCUT2D eigenvalue weighted by molar-refractivity contribution is 7.19. The molecule has 0 saturated heterocycles. The minimum atomic E-state index is -0.100. The predicted octanol–water partition coefficient (Wildman–Crippen LogP) is 4.44. The Morgan fingerprint density at radius 2 is 2.03 bits per heavy atom. The van der Waals surface area contributed by atoms with Gasteiger partial charge in [0, 0.05) is 23.9 Å². The van der Waals surface area contributed by atoms with E-state index in [9.17, 15) is 4.79 Å². The third kappa shape index (κ3) is 4.56. The lowest BCUT2D eigenvalue weighted by Crippen LogP contribution is -2.24. The zero-order chi connectivity index (χ0) is 24.4. The van der Waals surface area contributed by atoms with Gasteiger partial charge in [-0.2, -0.15) is 5.10 Å². The van der Waals surface area contributed by atoms with E-state index in [0.717, 1.165) is 70.4 Å². The van der Waals surface area contributed by atoms with Gasteiger partial charge in [0.25, 0.3) is 0 Å². The number of anilines is 2. The average Bonchev–Trinajstić information content (AvgIpc) is 3.36. The van der Waals surface area contributed by atoms with Crippen LogP contribution in [-0.4, -0.2) is 45.8 Å². The van der Waals surface area contributed by atoms with Crippen LogP contribution in [0.2, 0.25) is 0 Å². The minimum absolute atomic E-state index is 0.100. The second kappa shape index (κ2) is 9.97. The lowest BCUT2D eigenvalue weighted by Gasteiger charge is -2.10. The molecule has 9 heteroatoms. The van der Waals surface area contributed by atoms with E-state index in [4.69, 9.17) is 10.1 Å². The fourth-order valence-corrected chi connectivity index (χ4v) is 5.55. The number of carbonyl (C=O) groups excluding carboxylic acids is 1. The minimum Gasteiger partial charge on any atom is -0.370 e. The SMILES string of the molecule is CCNc1ccc(-c2nn(-c3ccccc3C)c3c2CCCc2nc(NC(=O)CNC)sc2-3)cn1. The Hall–Kier alpha value is -3.56. The van der Waals surface area contributed by atoms with Gasteiger partial charge in [-0.25, -0.2) is 14.6 Å². The fourth-order valence-electron chi connectivity index (χ4n) is 4.46. The van der Waals surface area contributed by atoms with Crippen molar-refractivity contribution >= 4 is 28.2 Å². The number of aryl methyl sites for hydroxylation is 2. The Labute approximate surface area is 208 Å². The summed E-state index contributed by atoms with van der Waals surface area (Å²) in [4.78, 5) is 22.7. The number of hydrogen-bond acceptors (Lipinski definition) is 7. The lowest BCUT2D eigenvalue weighted by atomic mass is 10.0. The molecule has 0 atom stereocenters. The Bertz CT molecular complexity index is 1360. The van der Waals surface area contributed by atoms with Crippen molar-refractivity contribution in [3.63, 3.8) is 0 Å². The number of likely N-dealkylation sites (N-methyl/N-ethyl adjacent to an activating group) is 1. The predicted molar refractivity (Wildman–Crippen MR) is 141 cm³/mol. The molecule has 180 valence electrons. The van der Waals surface area contributed by atoms with Crippen molar-refractivity contribution in [2.24, 2.45) is 0 Å². The molecule has 0 bridgehead atoms. The molecular formula is C26H29N7OS. The fraction of sp³-hybridized carbons (Fsp3) is 0.308. The number of nitrogens with one attached hydrogen (secondary N) is 3. The van der Waals surface area contributed by atoms with Gasteiger partial charge in [-0.05, 0) is 63.9 Å². The van der Waals surface area contributed by atoms with Gasteiger partial charge in [-0.1, -0.05) is 29.5 Å². The van der Waals surface area contributed by atoms with E-state index in [0.29, 0.717) is 5.13 Å². The summed E-state index contributed by atoms with van der Waals surface area (Å²) in [7, 11) is 1.75. The third-order valence-corrected chi connectivity index (χ3v) is 7.08. The van der Waals surface area contributed by atoms with Gasteiger partial charge < -0.3 is 16.0 Å². The number of nitrogens with zero attached hydrogens (tertiary/aromatic N) is 4. The van der Waals surface area contributed by atoms with Gasteiger partial charge in [0.2, 0.25) is 5.91 Å². The molecule has 0 fully saturated rings. The Kier molecular flexibility index (Phi) is 6.61. The van der Waals surface area contributed by atoms with E-state index in [1.165, 1.54) is 16.9 Å². The van der Waals surface area contributed by atoms with Crippen molar-refractivity contribution in [1.29, 1.82) is 0 Å². The van der Waals surface area contributed by atoms with Crippen LogP contribution < -0.4 is 16.0 Å². The van der Waals surface area contributed by atoms with Crippen LogP contribution >= 0.6 is 11.3 Å². The molecule has 5 rings (SSSR count). The summed E-state index contributed by atoms with van der Waals surface area (Å²) in [6.07, 6.45) is 4.61. The molecule has 1 aliphatic rings. The van der Waals surface area contributed by atoms with Crippen molar-refractivity contribution in [3.05, 3.63) is 59.4 Å². The van der Waals surface area contributed by atoms with Crippen molar-refractivity contribution in [1.82, 2.24) is 25.1 Å². The molecule has 0 radical (unpaired) electrons. The first-order chi connectivity index (χ1) is 17.1. The summed E-state index contributed by atoms with van der Waals surface area (Å²) < 4.78 is 2.06. The maximum atomic E-state index is 12.2. The molecule has 1 aromatic carbocycles. The van der Waals surface area contributed by atoms with Gasteiger partial charge in [-0.3, -0.25) is 4.79 Å². The number of hydrogen-bond donors (Lipinski definition) is 3. The molecule has 0 aliphatic heterocycles.